The molecule has 3 nitrogen and oxygen atoms in total. The Balaban J connectivity index is 1.90. The number of hydrogen-bond acceptors (Lipinski definition) is 2. The zero-order valence-corrected chi connectivity index (χ0v) is 13.5. The van der Waals surface area contributed by atoms with Gasteiger partial charge in [0.15, 0.2) is 0 Å². The van der Waals surface area contributed by atoms with E-state index in [9.17, 15) is 4.79 Å². The quantitative estimate of drug-likeness (QED) is 0.807. The first-order chi connectivity index (χ1) is 10.6. The van der Waals surface area contributed by atoms with Crippen molar-refractivity contribution in [1.29, 1.82) is 0 Å². The second kappa shape index (κ2) is 7.76. The predicted molar refractivity (Wildman–Crippen MR) is 90.0 cm³/mol. The van der Waals surface area contributed by atoms with Crippen LogP contribution in [0.15, 0.2) is 54.6 Å². The van der Waals surface area contributed by atoms with Gasteiger partial charge in [-0.25, -0.2) is 0 Å². The number of hydrogen-bond donors (Lipinski definition) is 0. The molecule has 0 N–H and O–H groups in total. The van der Waals surface area contributed by atoms with Crippen molar-refractivity contribution in [3.8, 4) is 0 Å². The van der Waals surface area contributed by atoms with Crippen LogP contribution in [0.25, 0.3) is 0 Å². The summed E-state index contributed by atoms with van der Waals surface area (Å²) < 4.78 is 5.51. The molecule has 2 rings (SSSR count). The van der Waals surface area contributed by atoms with Gasteiger partial charge in [-0.05, 0) is 29.2 Å². The first kappa shape index (κ1) is 16.2. The third-order valence-corrected chi connectivity index (χ3v) is 3.64. The summed E-state index contributed by atoms with van der Waals surface area (Å²) in [5.74, 6) is 0.398. The number of amides is 1. The van der Waals surface area contributed by atoms with E-state index < -0.39 is 0 Å². The molecule has 0 aliphatic heterocycles. The van der Waals surface area contributed by atoms with E-state index in [1.54, 1.807) is 11.9 Å². The SMILES string of the molecule is CC(C)c1cccc(N(C)C(=O)COCc2ccccc2)c1. The highest BCUT2D eigenvalue weighted by Gasteiger charge is 2.12. The summed E-state index contributed by atoms with van der Waals surface area (Å²) in [5, 5.41) is 0. The third kappa shape index (κ3) is 4.43. The fraction of sp³-hybridized carbons (Fsp3) is 0.316. The molecule has 0 spiro atoms. The van der Waals surface area contributed by atoms with Gasteiger partial charge in [-0.15, -0.1) is 0 Å². The van der Waals surface area contributed by atoms with Gasteiger partial charge in [0.2, 0.25) is 0 Å². The molecule has 1 amide bonds. The molecular formula is C19H23NO2. The molecule has 3 heteroatoms. The molecule has 0 aliphatic rings. The number of rotatable bonds is 6. The van der Waals surface area contributed by atoms with E-state index in [2.05, 4.69) is 26.0 Å². The van der Waals surface area contributed by atoms with Crippen molar-refractivity contribution >= 4 is 11.6 Å². The minimum atomic E-state index is -0.0446. The molecule has 0 atom stereocenters. The predicted octanol–water partition coefficient (Wildman–Crippen LogP) is 3.99. The fourth-order valence-electron chi connectivity index (χ4n) is 2.16. The van der Waals surface area contributed by atoms with Crippen molar-refractivity contribution in [2.45, 2.75) is 26.4 Å². The van der Waals surface area contributed by atoms with E-state index in [1.165, 1.54) is 5.56 Å². The molecule has 0 fully saturated rings. The molecule has 0 aliphatic carbocycles. The van der Waals surface area contributed by atoms with Gasteiger partial charge in [0.25, 0.3) is 5.91 Å². The fourth-order valence-corrected chi connectivity index (χ4v) is 2.16. The smallest absolute Gasteiger partial charge is 0.252 e. The molecule has 2 aromatic rings. The first-order valence-corrected chi connectivity index (χ1v) is 7.56. The second-order valence-corrected chi connectivity index (χ2v) is 5.68. The van der Waals surface area contributed by atoms with E-state index in [1.807, 2.05) is 42.5 Å². The normalized spacial score (nSPS) is 10.7. The number of anilines is 1. The highest BCUT2D eigenvalue weighted by Crippen LogP contribution is 2.21. The highest BCUT2D eigenvalue weighted by molar-refractivity contribution is 5.93. The maximum absolute atomic E-state index is 12.2. The Kier molecular flexibility index (Phi) is 5.73. The maximum Gasteiger partial charge on any atom is 0.252 e. The Bertz CT molecular complexity index is 608. The molecule has 2 aromatic carbocycles. The lowest BCUT2D eigenvalue weighted by Crippen LogP contribution is -2.30. The Morgan fingerprint density at radius 3 is 2.50 bits per heavy atom. The van der Waals surface area contributed by atoms with Crippen molar-refractivity contribution < 1.29 is 9.53 Å². The molecule has 0 heterocycles. The standard InChI is InChI=1S/C19H23NO2/c1-15(2)17-10-7-11-18(12-17)20(3)19(21)14-22-13-16-8-5-4-6-9-16/h4-12,15H,13-14H2,1-3H3. The molecule has 0 bridgehead atoms. The molecular weight excluding hydrogens is 274 g/mol. The lowest BCUT2D eigenvalue weighted by molar-refractivity contribution is -0.123. The number of nitrogens with zero attached hydrogens (tertiary/aromatic N) is 1. The lowest BCUT2D eigenvalue weighted by Gasteiger charge is -2.19. The number of benzene rings is 2. The van der Waals surface area contributed by atoms with E-state index in [-0.39, 0.29) is 12.5 Å². The second-order valence-electron chi connectivity index (χ2n) is 5.68. The van der Waals surface area contributed by atoms with Gasteiger partial charge in [-0.1, -0.05) is 56.3 Å². The van der Waals surface area contributed by atoms with Crippen molar-refractivity contribution in [3.63, 3.8) is 0 Å². The monoisotopic (exact) mass is 297 g/mol. The van der Waals surface area contributed by atoms with Crippen LogP contribution in [0, 0.1) is 0 Å². The summed E-state index contributed by atoms with van der Waals surface area (Å²) in [6.45, 7) is 4.82. The number of likely N-dealkylation sites (N-methyl/N-ethyl adjacent to an activating group) is 1. The van der Waals surface area contributed by atoms with Crippen molar-refractivity contribution in [2.24, 2.45) is 0 Å². The van der Waals surface area contributed by atoms with Gasteiger partial charge in [0, 0.05) is 12.7 Å². The molecule has 116 valence electrons. The summed E-state index contributed by atoms with van der Waals surface area (Å²) in [6, 6.07) is 17.9. The molecule has 0 aromatic heterocycles. The van der Waals surface area contributed by atoms with Crippen molar-refractivity contribution in [1.82, 2.24) is 0 Å². The Morgan fingerprint density at radius 2 is 1.82 bits per heavy atom. The van der Waals surface area contributed by atoms with Gasteiger partial charge >= 0.3 is 0 Å². The summed E-state index contributed by atoms with van der Waals surface area (Å²) in [6.07, 6.45) is 0. The minimum absolute atomic E-state index is 0.0446. The number of ether oxygens (including phenoxy) is 1. The van der Waals surface area contributed by atoms with Crippen molar-refractivity contribution in [2.75, 3.05) is 18.6 Å². The zero-order chi connectivity index (χ0) is 15.9. The number of carbonyl (C=O) groups excluding carboxylic acids is 1. The van der Waals surface area contributed by atoms with Gasteiger partial charge in [-0.2, -0.15) is 0 Å². The molecule has 0 radical (unpaired) electrons. The van der Waals surface area contributed by atoms with Crippen LogP contribution >= 0.6 is 0 Å². The first-order valence-electron chi connectivity index (χ1n) is 7.56. The van der Waals surface area contributed by atoms with Crippen LogP contribution in [-0.2, 0) is 16.1 Å². The average Bonchev–Trinajstić information content (AvgIpc) is 2.55. The van der Waals surface area contributed by atoms with Crippen LogP contribution in [0.2, 0.25) is 0 Å². The van der Waals surface area contributed by atoms with Gasteiger partial charge in [0.05, 0.1) is 6.61 Å². The lowest BCUT2D eigenvalue weighted by atomic mass is 10.0. The zero-order valence-electron chi connectivity index (χ0n) is 13.5. The van der Waals surface area contributed by atoms with Gasteiger partial charge in [-0.3, -0.25) is 4.79 Å². The minimum Gasteiger partial charge on any atom is -0.367 e. The van der Waals surface area contributed by atoms with E-state index in [4.69, 9.17) is 4.74 Å². The Hall–Kier alpha value is -2.13. The van der Waals surface area contributed by atoms with Crippen LogP contribution in [0.3, 0.4) is 0 Å². The topological polar surface area (TPSA) is 29.5 Å². The molecule has 0 unspecified atom stereocenters. The molecule has 0 saturated heterocycles. The largest absolute Gasteiger partial charge is 0.367 e. The van der Waals surface area contributed by atoms with Crippen LogP contribution in [-0.4, -0.2) is 19.6 Å². The number of carbonyl (C=O) groups is 1. The Morgan fingerprint density at radius 1 is 1.09 bits per heavy atom. The summed E-state index contributed by atoms with van der Waals surface area (Å²) >= 11 is 0. The maximum atomic E-state index is 12.2. The Labute approximate surface area is 132 Å². The summed E-state index contributed by atoms with van der Waals surface area (Å²) in [5.41, 5.74) is 3.20. The average molecular weight is 297 g/mol. The third-order valence-electron chi connectivity index (χ3n) is 3.64. The van der Waals surface area contributed by atoms with Crippen LogP contribution in [0.1, 0.15) is 30.9 Å². The molecule has 0 saturated carbocycles. The van der Waals surface area contributed by atoms with Crippen LogP contribution < -0.4 is 4.90 Å². The van der Waals surface area contributed by atoms with E-state index in [0.29, 0.717) is 12.5 Å². The molecule has 22 heavy (non-hydrogen) atoms. The van der Waals surface area contributed by atoms with Crippen LogP contribution in [0.5, 0.6) is 0 Å². The highest BCUT2D eigenvalue weighted by atomic mass is 16.5. The van der Waals surface area contributed by atoms with E-state index in [0.717, 1.165) is 11.3 Å². The van der Waals surface area contributed by atoms with Crippen molar-refractivity contribution in [3.05, 3.63) is 65.7 Å². The van der Waals surface area contributed by atoms with Gasteiger partial charge in [0.1, 0.15) is 6.61 Å². The van der Waals surface area contributed by atoms with Crippen LogP contribution in [0.4, 0.5) is 5.69 Å². The van der Waals surface area contributed by atoms with E-state index >= 15 is 0 Å². The summed E-state index contributed by atoms with van der Waals surface area (Å²) in [7, 11) is 1.79. The summed E-state index contributed by atoms with van der Waals surface area (Å²) in [4.78, 5) is 13.9. The van der Waals surface area contributed by atoms with Gasteiger partial charge < -0.3 is 9.64 Å².